The van der Waals surface area contributed by atoms with Gasteiger partial charge in [0, 0.05) is 0 Å². The Kier molecular flexibility index (Phi) is 4.80. The van der Waals surface area contributed by atoms with Crippen LogP contribution in [0.15, 0.2) is 97.1 Å². The van der Waals surface area contributed by atoms with E-state index < -0.39 is 18.3 Å². The number of ether oxygens (including phenoxy) is 2. The predicted octanol–water partition coefficient (Wildman–Crippen LogP) is 8.49. The van der Waals surface area contributed by atoms with Gasteiger partial charge in [0.15, 0.2) is 23.0 Å². The van der Waals surface area contributed by atoms with Crippen molar-refractivity contribution >= 4 is 40.4 Å². The van der Waals surface area contributed by atoms with Gasteiger partial charge in [-0.3, -0.25) is 4.90 Å². The van der Waals surface area contributed by atoms with E-state index in [-0.39, 0.29) is 0 Å². The van der Waals surface area contributed by atoms with Crippen LogP contribution >= 0.6 is 0 Å². The zero-order valence-electron chi connectivity index (χ0n) is 22.9. The monoisotopic (exact) mass is 525 g/mol. The molecule has 0 aliphatic carbocycles. The fourth-order valence-electron chi connectivity index (χ4n) is 5.84. The van der Waals surface area contributed by atoms with E-state index in [0.717, 1.165) is 51.1 Å². The topological polar surface area (TPSA) is 40.2 Å². The third-order valence-corrected chi connectivity index (χ3v) is 8.68. The molecular weight excluding hydrogens is 497 g/mol. The molecule has 0 aromatic heterocycles. The molecule has 40 heavy (non-hydrogen) atoms. The molecule has 0 amide bonds. The zero-order chi connectivity index (χ0) is 27.2. The van der Waals surface area contributed by atoms with E-state index in [1.807, 2.05) is 24.3 Å². The molecule has 6 heteroatoms. The van der Waals surface area contributed by atoms with E-state index in [1.54, 1.807) is 0 Å². The SMILES string of the molecule is CC1(C)OB(c2ccc3c(c2)Oc2cccc4c2N3c2ccc(-c3cccc5ccccc35)cc2O4)OC1(C)C. The summed E-state index contributed by atoms with van der Waals surface area (Å²) in [4.78, 5) is 2.24. The third kappa shape index (κ3) is 3.36. The smallest absolute Gasteiger partial charge is 0.453 e. The lowest BCUT2D eigenvalue weighted by molar-refractivity contribution is 0.00578. The minimum atomic E-state index is -0.466. The molecule has 0 unspecified atom stereocenters. The van der Waals surface area contributed by atoms with Crippen molar-refractivity contribution in [3.8, 4) is 34.1 Å². The van der Waals surface area contributed by atoms with Crippen molar-refractivity contribution in [3.63, 3.8) is 0 Å². The van der Waals surface area contributed by atoms with E-state index >= 15 is 0 Å². The quantitative estimate of drug-likeness (QED) is 0.212. The number of para-hydroxylation sites is 1. The first-order valence-electron chi connectivity index (χ1n) is 13.7. The van der Waals surface area contributed by atoms with Gasteiger partial charge in [-0.25, -0.2) is 0 Å². The lowest BCUT2D eigenvalue weighted by atomic mass is 9.78. The summed E-state index contributed by atoms with van der Waals surface area (Å²) in [5, 5.41) is 2.43. The molecule has 5 aromatic carbocycles. The Morgan fingerprint density at radius 3 is 1.98 bits per heavy atom. The summed E-state index contributed by atoms with van der Waals surface area (Å²) in [6.45, 7) is 8.27. The normalized spacial score (nSPS) is 17.5. The van der Waals surface area contributed by atoms with Crippen LogP contribution in [0.25, 0.3) is 21.9 Å². The molecule has 196 valence electrons. The second kappa shape index (κ2) is 8.13. The molecule has 3 heterocycles. The van der Waals surface area contributed by atoms with Gasteiger partial charge in [0.2, 0.25) is 0 Å². The molecule has 1 saturated heterocycles. The highest BCUT2D eigenvalue weighted by Crippen LogP contribution is 2.59. The van der Waals surface area contributed by atoms with E-state index in [9.17, 15) is 0 Å². The van der Waals surface area contributed by atoms with Crippen LogP contribution in [-0.4, -0.2) is 18.3 Å². The molecule has 0 saturated carbocycles. The summed E-state index contributed by atoms with van der Waals surface area (Å²) in [5.41, 5.74) is 5.21. The number of rotatable bonds is 2. The molecule has 0 bridgehead atoms. The zero-order valence-corrected chi connectivity index (χ0v) is 22.9. The van der Waals surface area contributed by atoms with Crippen LogP contribution in [0.5, 0.6) is 23.0 Å². The predicted molar refractivity (Wildman–Crippen MR) is 160 cm³/mol. The van der Waals surface area contributed by atoms with Crippen molar-refractivity contribution in [2.45, 2.75) is 38.9 Å². The molecule has 5 aromatic rings. The van der Waals surface area contributed by atoms with Gasteiger partial charge in [0.05, 0.1) is 22.6 Å². The number of nitrogens with zero attached hydrogens (tertiary/aromatic N) is 1. The number of benzene rings is 5. The Morgan fingerprint density at radius 1 is 0.600 bits per heavy atom. The summed E-state index contributed by atoms with van der Waals surface area (Å²) in [5.74, 6) is 3.07. The first kappa shape index (κ1) is 23.6. The van der Waals surface area contributed by atoms with Crippen molar-refractivity contribution in [1.29, 1.82) is 0 Å². The maximum atomic E-state index is 6.50. The van der Waals surface area contributed by atoms with E-state index in [1.165, 1.54) is 16.3 Å². The van der Waals surface area contributed by atoms with Crippen LogP contribution in [0, 0.1) is 0 Å². The number of hydrogen-bond acceptors (Lipinski definition) is 5. The second-order valence-electron chi connectivity index (χ2n) is 11.7. The highest BCUT2D eigenvalue weighted by atomic mass is 16.7. The number of fused-ring (bicyclic) bond motifs is 5. The summed E-state index contributed by atoms with van der Waals surface area (Å²) < 4.78 is 25.6. The molecule has 3 aliphatic rings. The maximum absolute atomic E-state index is 6.50. The highest BCUT2D eigenvalue weighted by Gasteiger charge is 2.52. The van der Waals surface area contributed by atoms with Gasteiger partial charge in [-0.15, -0.1) is 0 Å². The summed E-state index contributed by atoms with van der Waals surface area (Å²) in [7, 11) is -0.466. The lowest BCUT2D eigenvalue weighted by Crippen LogP contribution is -2.41. The van der Waals surface area contributed by atoms with E-state index in [0.29, 0.717) is 0 Å². The average Bonchev–Trinajstić information content (AvgIpc) is 3.18. The van der Waals surface area contributed by atoms with Crippen LogP contribution in [0.1, 0.15) is 27.7 Å². The van der Waals surface area contributed by atoms with E-state index in [2.05, 4.69) is 105 Å². The largest absolute Gasteiger partial charge is 0.494 e. The van der Waals surface area contributed by atoms with Gasteiger partial charge < -0.3 is 18.8 Å². The molecular formula is C34H28BNO4. The van der Waals surface area contributed by atoms with Gasteiger partial charge in [0.1, 0.15) is 5.69 Å². The van der Waals surface area contributed by atoms with Crippen molar-refractivity contribution in [2.75, 3.05) is 4.90 Å². The molecule has 0 atom stereocenters. The molecule has 8 rings (SSSR count). The van der Waals surface area contributed by atoms with Crippen LogP contribution < -0.4 is 19.8 Å². The fraction of sp³-hybridized carbons (Fsp3) is 0.176. The first-order chi connectivity index (χ1) is 19.3. The molecule has 0 radical (unpaired) electrons. The van der Waals surface area contributed by atoms with Crippen LogP contribution in [0.4, 0.5) is 17.1 Å². The van der Waals surface area contributed by atoms with Crippen molar-refractivity contribution < 1.29 is 18.8 Å². The maximum Gasteiger partial charge on any atom is 0.494 e. The van der Waals surface area contributed by atoms with Crippen LogP contribution in [-0.2, 0) is 9.31 Å². The lowest BCUT2D eigenvalue weighted by Gasteiger charge is -2.38. The Hall–Kier alpha value is -4.26. The Balaban J connectivity index is 1.24. The molecule has 0 N–H and O–H groups in total. The summed E-state index contributed by atoms with van der Waals surface area (Å²) in [6, 6.07) is 33.5. The van der Waals surface area contributed by atoms with Crippen molar-refractivity contribution in [2.24, 2.45) is 0 Å². The van der Waals surface area contributed by atoms with E-state index in [4.69, 9.17) is 18.8 Å². The van der Waals surface area contributed by atoms with Gasteiger partial charge in [0.25, 0.3) is 0 Å². The van der Waals surface area contributed by atoms with Crippen molar-refractivity contribution in [1.82, 2.24) is 0 Å². The van der Waals surface area contributed by atoms with Crippen molar-refractivity contribution in [3.05, 3.63) is 97.1 Å². The first-order valence-corrected chi connectivity index (χ1v) is 13.7. The molecule has 3 aliphatic heterocycles. The van der Waals surface area contributed by atoms with Gasteiger partial charge in [-0.2, -0.15) is 0 Å². The standard InChI is InChI=1S/C34H28BNO4/c1-33(2)34(3,4)40-35(39-33)23-16-18-27-31(20-23)38-29-14-8-13-28-32(29)36(27)26-17-15-22(19-30(26)37-28)25-12-7-10-21-9-5-6-11-24(21)25/h5-20H,1-4H3. The molecule has 0 spiro atoms. The van der Waals surface area contributed by atoms with Gasteiger partial charge in [-0.1, -0.05) is 60.7 Å². The fourth-order valence-corrected chi connectivity index (χ4v) is 5.84. The Bertz CT molecular complexity index is 1820. The Labute approximate surface area is 234 Å². The second-order valence-corrected chi connectivity index (χ2v) is 11.7. The Morgan fingerprint density at radius 2 is 1.23 bits per heavy atom. The third-order valence-electron chi connectivity index (χ3n) is 8.68. The van der Waals surface area contributed by atoms with Crippen LogP contribution in [0.2, 0.25) is 0 Å². The van der Waals surface area contributed by atoms with Gasteiger partial charge >= 0.3 is 7.12 Å². The molecule has 1 fully saturated rings. The minimum Gasteiger partial charge on any atom is -0.453 e. The molecule has 5 nitrogen and oxygen atoms in total. The highest BCUT2D eigenvalue weighted by molar-refractivity contribution is 6.62. The number of hydrogen-bond donors (Lipinski definition) is 0. The number of anilines is 3. The van der Waals surface area contributed by atoms with Crippen LogP contribution in [0.3, 0.4) is 0 Å². The average molecular weight is 525 g/mol. The van der Waals surface area contributed by atoms with Gasteiger partial charge in [-0.05, 0) is 91.5 Å². The minimum absolute atomic E-state index is 0.416. The summed E-state index contributed by atoms with van der Waals surface area (Å²) >= 11 is 0. The summed E-state index contributed by atoms with van der Waals surface area (Å²) in [6.07, 6.45) is 0.